The van der Waals surface area contributed by atoms with Gasteiger partial charge in [0.15, 0.2) is 0 Å². The van der Waals surface area contributed by atoms with E-state index in [1.54, 1.807) is 30.4 Å². The predicted octanol–water partition coefficient (Wildman–Crippen LogP) is 1.99. The number of halogens is 1. The molecule has 1 amide bonds. The third kappa shape index (κ3) is 2.35. The number of fused-ring (bicyclic) bond motifs is 1. The largest absolute Gasteiger partial charge is 0.368 e. The number of nitrogens with one attached hydrogen (secondary N) is 1. The van der Waals surface area contributed by atoms with Gasteiger partial charge in [-0.3, -0.25) is 14.6 Å². The summed E-state index contributed by atoms with van der Waals surface area (Å²) in [6.07, 6.45) is 3.37. The highest BCUT2D eigenvalue weighted by Gasteiger charge is 2.29. The zero-order chi connectivity index (χ0) is 15.0. The lowest BCUT2D eigenvalue weighted by atomic mass is 10.1. The van der Waals surface area contributed by atoms with Gasteiger partial charge in [-0.25, -0.2) is 4.39 Å². The number of aromatic nitrogens is 1. The number of anilines is 2. The smallest absolute Gasteiger partial charge is 0.296 e. The lowest BCUT2D eigenvalue weighted by Gasteiger charge is -2.20. The Bertz CT molecular complexity index is 731. The molecule has 21 heavy (non-hydrogen) atoms. The molecule has 1 aliphatic rings. The van der Waals surface area contributed by atoms with Crippen molar-refractivity contribution >= 4 is 23.1 Å². The van der Waals surface area contributed by atoms with E-state index in [0.29, 0.717) is 17.9 Å². The maximum absolute atomic E-state index is 14.1. The molecule has 6 heteroatoms. The first-order valence-corrected chi connectivity index (χ1v) is 6.35. The second-order valence-electron chi connectivity index (χ2n) is 4.85. The molecule has 0 saturated carbocycles. The molecule has 0 spiro atoms. The minimum absolute atomic E-state index is 0.0797. The van der Waals surface area contributed by atoms with Crippen molar-refractivity contribution in [1.82, 2.24) is 4.98 Å². The number of benzene rings is 1. The molecule has 0 radical (unpaired) electrons. The van der Waals surface area contributed by atoms with Crippen LogP contribution in [0.15, 0.2) is 36.7 Å². The first-order chi connectivity index (χ1) is 10.1. The summed E-state index contributed by atoms with van der Waals surface area (Å²) in [7, 11) is 1.73. The molecule has 1 aromatic heterocycles. The summed E-state index contributed by atoms with van der Waals surface area (Å²) >= 11 is 0. The van der Waals surface area contributed by atoms with E-state index in [1.165, 1.54) is 6.07 Å². The van der Waals surface area contributed by atoms with Gasteiger partial charge in [0.1, 0.15) is 5.82 Å². The summed E-state index contributed by atoms with van der Waals surface area (Å²) in [5, 5.41) is 2.44. The summed E-state index contributed by atoms with van der Waals surface area (Å²) in [6, 6.07) is 6.27. The standard InChI is InChI=1S/C15H12FN3O2/c1-19(8-9-3-2-4-17-7-9)13-6-12-10(5-11(13)16)14(20)15(21)18-12/h2-7H,8H2,1H3,(H,18,20,21). The van der Waals surface area contributed by atoms with Gasteiger partial charge in [-0.2, -0.15) is 0 Å². The Morgan fingerprint density at radius 2 is 2.14 bits per heavy atom. The van der Waals surface area contributed by atoms with E-state index < -0.39 is 17.5 Å². The number of rotatable bonds is 3. The van der Waals surface area contributed by atoms with Crippen LogP contribution in [0.25, 0.3) is 0 Å². The second-order valence-corrected chi connectivity index (χ2v) is 4.85. The fraction of sp³-hybridized carbons (Fsp3) is 0.133. The Morgan fingerprint density at radius 1 is 1.33 bits per heavy atom. The molecule has 2 heterocycles. The number of pyridine rings is 1. The number of Topliss-reactive ketones (excluding diaryl/α,β-unsaturated/α-hetero) is 1. The molecule has 1 N–H and O–H groups in total. The molecule has 5 nitrogen and oxygen atoms in total. The lowest BCUT2D eigenvalue weighted by Crippen LogP contribution is -2.18. The average molecular weight is 285 g/mol. The van der Waals surface area contributed by atoms with Crippen LogP contribution in [0, 0.1) is 5.82 Å². The number of carbonyl (C=O) groups excluding carboxylic acids is 2. The Morgan fingerprint density at radius 3 is 2.86 bits per heavy atom. The predicted molar refractivity (Wildman–Crippen MR) is 75.7 cm³/mol. The maximum atomic E-state index is 14.1. The first kappa shape index (κ1) is 13.2. The van der Waals surface area contributed by atoms with Crippen LogP contribution in [-0.2, 0) is 11.3 Å². The van der Waals surface area contributed by atoms with E-state index in [9.17, 15) is 14.0 Å². The number of nitrogens with zero attached hydrogens (tertiary/aromatic N) is 2. The van der Waals surface area contributed by atoms with E-state index in [1.807, 2.05) is 6.07 Å². The highest BCUT2D eigenvalue weighted by molar-refractivity contribution is 6.51. The molecule has 0 bridgehead atoms. The van der Waals surface area contributed by atoms with Crippen LogP contribution in [-0.4, -0.2) is 23.7 Å². The molecule has 0 aliphatic carbocycles. The van der Waals surface area contributed by atoms with Crippen LogP contribution in [0.4, 0.5) is 15.8 Å². The second kappa shape index (κ2) is 4.97. The zero-order valence-corrected chi connectivity index (χ0v) is 11.3. The number of carbonyl (C=O) groups is 2. The van der Waals surface area contributed by atoms with E-state index in [2.05, 4.69) is 10.3 Å². The normalized spacial score (nSPS) is 13.0. The Hall–Kier alpha value is -2.76. The van der Waals surface area contributed by atoms with Crippen molar-refractivity contribution < 1.29 is 14.0 Å². The van der Waals surface area contributed by atoms with Crippen molar-refractivity contribution in [2.24, 2.45) is 0 Å². The Balaban J connectivity index is 1.91. The number of amides is 1. The van der Waals surface area contributed by atoms with E-state index in [4.69, 9.17) is 0 Å². The van der Waals surface area contributed by atoms with Gasteiger partial charge in [0.2, 0.25) is 0 Å². The van der Waals surface area contributed by atoms with Gasteiger partial charge in [-0.15, -0.1) is 0 Å². The van der Waals surface area contributed by atoms with Gasteiger partial charge in [0, 0.05) is 26.0 Å². The molecular weight excluding hydrogens is 273 g/mol. The van der Waals surface area contributed by atoms with Crippen LogP contribution in [0.3, 0.4) is 0 Å². The van der Waals surface area contributed by atoms with Crippen LogP contribution in [0.2, 0.25) is 0 Å². The highest BCUT2D eigenvalue weighted by atomic mass is 19.1. The Kier molecular flexibility index (Phi) is 3.13. The SMILES string of the molecule is CN(Cc1cccnc1)c1cc2c(cc1F)C(=O)C(=O)N2. The third-order valence-electron chi connectivity index (χ3n) is 3.34. The number of hydrogen-bond acceptors (Lipinski definition) is 4. The molecule has 1 aliphatic heterocycles. The molecule has 0 atom stereocenters. The number of hydrogen-bond donors (Lipinski definition) is 1. The van der Waals surface area contributed by atoms with Crippen molar-refractivity contribution in [3.63, 3.8) is 0 Å². The summed E-state index contributed by atoms with van der Waals surface area (Å²) in [5.74, 6) is -1.97. The zero-order valence-electron chi connectivity index (χ0n) is 11.3. The lowest BCUT2D eigenvalue weighted by molar-refractivity contribution is -0.112. The summed E-state index contributed by atoms with van der Waals surface area (Å²) in [5.41, 5.74) is 1.67. The van der Waals surface area contributed by atoms with Gasteiger partial charge in [-0.1, -0.05) is 6.07 Å². The van der Waals surface area contributed by atoms with Crippen LogP contribution in [0.5, 0.6) is 0 Å². The van der Waals surface area contributed by atoms with E-state index >= 15 is 0 Å². The Labute approximate surface area is 120 Å². The van der Waals surface area contributed by atoms with Crippen LogP contribution < -0.4 is 10.2 Å². The fourth-order valence-electron chi connectivity index (χ4n) is 2.30. The maximum Gasteiger partial charge on any atom is 0.296 e. The van der Waals surface area contributed by atoms with Gasteiger partial charge in [0.05, 0.1) is 16.9 Å². The van der Waals surface area contributed by atoms with Crippen molar-refractivity contribution in [2.45, 2.75) is 6.54 Å². The molecule has 0 saturated heterocycles. The topological polar surface area (TPSA) is 62.3 Å². The molecule has 1 aromatic carbocycles. The van der Waals surface area contributed by atoms with Crippen LogP contribution >= 0.6 is 0 Å². The average Bonchev–Trinajstić information content (AvgIpc) is 2.74. The summed E-state index contributed by atoms with van der Waals surface area (Å²) in [6.45, 7) is 0.464. The number of ketones is 1. The molecule has 2 aromatic rings. The highest BCUT2D eigenvalue weighted by Crippen LogP contribution is 2.31. The van der Waals surface area contributed by atoms with Crippen LogP contribution in [0.1, 0.15) is 15.9 Å². The third-order valence-corrected chi connectivity index (χ3v) is 3.34. The van der Waals surface area contributed by atoms with Gasteiger partial charge in [0.25, 0.3) is 11.7 Å². The molecule has 0 unspecified atom stereocenters. The van der Waals surface area contributed by atoms with Crippen molar-refractivity contribution in [3.05, 3.63) is 53.6 Å². The molecule has 106 valence electrons. The quantitative estimate of drug-likeness (QED) is 0.876. The van der Waals surface area contributed by atoms with Crippen molar-refractivity contribution in [3.8, 4) is 0 Å². The van der Waals surface area contributed by atoms with Crippen molar-refractivity contribution in [1.29, 1.82) is 0 Å². The summed E-state index contributed by atoms with van der Waals surface area (Å²) in [4.78, 5) is 28.5. The molecule has 0 fully saturated rings. The minimum atomic E-state index is -0.725. The van der Waals surface area contributed by atoms with Crippen molar-refractivity contribution in [2.75, 3.05) is 17.3 Å². The van der Waals surface area contributed by atoms with Gasteiger partial charge >= 0.3 is 0 Å². The minimum Gasteiger partial charge on any atom is -0.368 e. The monoisotopic (exact) mass is 285 g/mol. The summed E-state index contributed by atoms with van der Waals surface area (Å²) < 4.78 is 14.1. The first-order valence-electron chi connectivity index (χ1n) is 6.35. The molecular formula is C15H12FN3O2. The molecule has 3 rings (SSSR count). The van der Waals surface area contributed by atoms with Gasteiger partial charge < -0.3 is 10.2 Å². The van der Waals surface area contributed by atoms with E-state index in [-0.39, 0.29) is 5.56 Å². The van der Waals surface area contributed by atoms with E-state index in [0.717, 1.165) is 11.6 Å². The van der Waals surface area contributed by atoms with Gasteiger partial charge in [-0.05, 0) is 23.8 Å². The fourth-order valence-corrected chi connectivity index (χ4v) is 2.30.